The predicted octanol–water partition coefficient (Wildman–Crippen LogP) is 2.22. The lowest BCUT2D eigenvalue weighted by atomic mass is 9.85. The van der Waals surface area contributed by atoms with Crippen molar-refractivity contribution in [3.05, 3.63) is 29.3 Å². The summed E-state index contributed by atoms with van der Waals surface area (Å²) in [6.45, 7) is 3.04. The van der Waals surface area contributed by atoms with Crippen molar-refractivity contribution in [2.75, 3.05) is 12.8 Å². The summed E-state index contributed by atoms with van der Waals surface area (Å²) in [6, 6.07) is 5.36. The SMILES string of the molecule is Cc1ccc(CN=C(N)NCC2CCC2)cc1S(C)(=O)=O.I. The van der Waals surface area contributed by atoms with E-state index in [1.807, 2.05) is 6.07 Å². The van der Waals surface area contributed by atoms with E-state index >= 15 is 0 Å². The smallest absolute Gasteiger partial charge is 0.188 e. The van der Waals surface area contributed by atoms with Crippen molar-refractivity contribution in [3.8, 4) is 0 Å². The summed E-state index contributed by atoms with van der Waals surface area (Å²) >= 11 is 0. The number of benzene rings is 1. The van der Waals surface area contributed by atoms with Gasteiger partial charge in [-0.2, -0.15) is 0 Å². The van der Waals surface area contributed by atoms with E-state index in [9.17, 15) is 8.42 Å². The van der Waals surface area contributed by atoms with Crippen molar-refractivity contribution in [2.24, 2.45) is 16.6 Å². The second-order valence-electron chi connectivity index (χ2n) is 5.75. The molecular formula is C15H24IN3O2S. The molecule has 0 amide bonds. The number of nitrogens with two attached hydrogens (primary N) is 1. The first-order chi connectivity index (χ1) is 9.86. The summed E-state index contributed by atoms with van der Waals surface area (Å²) in [7, 11) is -3.21. The Morgan fingerprint density at radius 3 is 2.64 bits per heavy atom. The number of hydrogen-bond donors (Lipinski definition) is 2. The van der Waals surface area contributed by atoms with E-state index in [2.05, 4.69) is 10.3 Å². The highest BCUT2D eigenvalue weighted by Gasteiger charge is 2.16. The van der Waals surface area contributed by atoms with Gasteiger partial charge >= 0.3 is 0 Å². The lowest BCUT2D eigenvalue weighted by Gasteiger charge is -2.25. The molecule has 0 saturated heterocycles. The number of hydrogen-bond acceptors (Lipinski definition) is 3. The quantitative estimate of drug-likeness (QED) is 0.421. The van der Waals surface area contributed by atoms with E-state index in [1.165, 1.54) is 25.5 Å². The highest BCUT2D eigenvalue weighted by Crippen LogP contribution is 2.25. The zero-order valence-corrected chi connectivity index (χ0v) is 16.1. The van der Waals surface area contributed by atoms with Gasteiger partial charge in [0.25, 0.3) is 0 Å². The average Bonchev–Trinajstić information content (AvgIpc) is 2.34. The monoisotopic (exact) mass is 437 g/mol. The van der Waals surface area contributed by atoms with Crippen LogP contribution in [0.25, 0.3) is 0 Å². The van der Waals surface area contributed by atoms with Gasteiger partial charge in [-0.05, 0) is 42.9 Å². The third kappa shape index (κ3) is 5.42. The van der Waals surface area contributed by atoms with Gasteiger partial charge in [-0.15, -0.1) is 24.0 Å². The number of nitrogens with one attached hydrogen (secondary N) is 1. The average molecular weight is 437 g/mol. The van der Waals surface area contributed by atoms with Crippen LogP contribution < -0.4 is 11.1 Å². The number of rotatable bonds is 5. The molecule has 22 heavy (non-hydrogen) atoms. The Labute approximate surface area is 149 Å². The first-order valence-electron chi connectivity index (χ1n) is 7.19. The fourth-order valence-electron chi connectivity index (χ4n) is 2.32. The second kappa shape index (κ2) is 8.14. The van der Waals surface area contributed by atoms with E-state index < -0.39 is 9.84 Å². The molecule has 0 aliphatic heterocycles. The molecule has 1 aliphatic carbocycles. The molecule has 5 nitrogen and oxygen atoms in total. The number of aryl methyl sites for hydroxylation is 1. The van der Waals surface area contributed by atoms with Crippen molar-refractivity contribution in [1.82, 2.24) is 5.32 Å². The van der Waals surface area contributed by atoms with Crippen molar-refractivity contribution in [3.63, 3.8) is 0 Å². The minimum absolute atomic E-state index is 0. The second-order valence-corrected chi connectivity index (χ2v) is 7.74. The van der Waals surface area contributed by atoms with Gasteiger partial charge in [-0.1, -0.05) is 18.6 Å². The number of guanidine groups is 1. The molecule has 0 atom stereocenters. The lowest BCUT2D eigenvalue weighted by molar-refractivity contribution is 0.315. The summed E-state index contributed by atoms with van der Waals surface area (Å²) in [4.78, 5) is 4.62. The van der Waals surface area contributed by atoms with E-state index in [0.29, 0.717) is 17.4 Å². The van der Waals surface area contributed by atoms with Crippen molar-refractivity contribution < 1.29 is 8.42 Å². The van der Waals surface area contributed by atoms with Crippen LogP contribution in [0, 0.1) is 12.8 Å². The molecule has 0 bridgehead atoms. The van der Waals surface area contributed by atoms with Gasteiger partial charge in [-0.25, -0.2) is 13.4 Å². The van der Waals surface area contributed by atoms with E-state index in [1.54, 1.807) is 19.1 Å². The Hall–Kier alpha value is -0.830. The maximum atomic E-state index is 11.7. The Balaban J connectivity index is 0.00000242. The molecule has 0 aromatic heterocycles. The van der Waals surface area contributed by atoms with Gasteiger partial charge in [0.15, 0.2) is 15.8 Å². The molecule has 0 heterocycles. The number of aliphatic imine (C=N–C) groups is 1. The Kier molecular flexibility index (Phi) is 7.11. The minimum atomic E-state index is -3.21. The molecule has 3 N–H and O–H groups in total. The molecule has 0 radical (unpaired) electrons. The normalized spacial score (nSPS) is 15.8. The maximum absolute atomic E-state index is 11.7. The topological polar surface area (TPSA) is 84.5 Å². The van der Waals surface area contributed by atoms with Crippen LogP contribution in [0.1, 0.15) is 30.4 Å². The van der Waals surface area contributed by atoms with Crippen LogP contribution in [0.15, 0.2) is 28.1 Å². The molecule has 1 fully saturated rings. The molecule has 1 aliphatic rings. The first-order valence-corrected chi connectivity index (χ1v) is 9.09. The summed E-state index contributed by atoms with van der Waals surface area (Å²) in [5, 5.41) is 3.12. The van der Waals surface area contributed by atoms with Gasteiger partial charge in [0.05, 0.1) is 11.4 Å². The Bertz CT molecular complexity index is 640. The van der Waals surface area contributed by atoms with Gasteiger partial charge in [0, 0.05) is 12.8 Å². The molecule has 2 rings (SSSR count). The summed E-state index contributed by atoms with van der Waals surface area (Å²) in [5.74, 6) is 1.14. The summed E-state index contributed by atoms with van der Waals surface area (Å²) in [5.41, 5.74) is 7.42. The summed E-state index contributed by atoms with van der Waals surface area (Å²) < 4.78 is 23.4. The van der Waals surface area contributed by atoms with Crippen LogP contribution in [0.4, 0.5) is 0 Å². The third-order valence-electron chi connectivity index (χ3n) is 3.88. The van der Waals surface area contributed by atoms with Crippen LogP contribution in [0.3, 0.4) is 0 Å². The molecule has 124 valence electrons. The Morgan fingerprint density at radius 1 is 1.41 bits per heavy atom. The number of sulfone groups is 1. The van der Waals surface area contributed by atoms with Crippen molar-refractivity contribution >= 4 is 39.8 Å². The third-order valence-corrected chi connectivity index (χ3v) is 5.12. The van der Waals surface area contributed by atoms with Gasteiger partial charge < -0.3 is 11.1 Å². The van der Waals surface area contributed by atoms with Gasteiger partial charge in [0.1, 0.15) is 0 Å². The molecule has 1 saturated carbocycles. The molecule has 1 aromatic rings. The van der Waals surface area contributed by atoms with Crippen LogP contribution in [0.5, 0.6) is 0 Å². The van der Waals surface area contributed by atoms with Crippen LogP contribution >= 0.6 is 24.0 Å². The molecular weight excluding hydrogens is 413 g/mol. The fraction of sp³-hybridized carbons (Fsp3) is 0.533. The van der Waals surface area contributed by atoms with Gasteiger partial charge in [-0.3, -0.25) is 0 Å². The van der Waals surface area contributed by atoms with Crippen LogP contribution in [-0.2, 0) is 16.4 Å². The Morgan fingerprint density at radius 2 is 2.09 bits per heavy atom. The largest absolute Gasteiger partial charge is 0.370 e. The standard InChI is InChI=1S/C15H23N3O2S.HI/c1-11-6-7-13(8-14(11)21(2,19)20)10-18-15(16)17-9-12-4-3-5-12;/h6-8,12H,3-5,9-10H2,1-2H3,(H3,16,17,18);1H. The maximum Gasteiger partial charge on any atom is 0.188 e. The number of halogens is 1. The van der Waals surface area contributed by atoms with Crippen LogP contribution in [-0.4, -0.2) is 27.2 Å². The lowest BCUT2D eigenvalue weighted by Crippen LogP contribution is -2.37. The highest BCUT2D eigenvalue weighted by atomic mass is 127. The summed E-state index contributed by atoms with van der Waals surface area (Å²) in [6.07, 6.45) is 5.05. The van der Waals surface area contributed by atoms with E-state index in [0.717, 1.165) is 23.6 Å². The first kappa shape index (κ1) is 19.2. The molecule has 1 aromatic carbocycles. The van der Waals surface area contributed by atoms with Crippen molar-refractivity contribution in [1.29, 1.82) is 0 Å². The minimum Gasteiger partial charge on any atom is -0.370 e. The van der Waals surface area contributed by atoms with Crippen LogP contribution in [0.2, 0.25) is 0 Å². The molecule has 7 heteroatoms. The highest BCUT2D eigenvalue weighted by molar-refractivity contribution is 14.0. The van der Waals surface area contributed by atoms with E-state index in [-0.39, 0.29) is 24.0 Å². The van der Waals surface area contributed by atoms with Crippen molar-refractivity contribution in [2.45, 2.75) is 37.6 Å². The zero-order chi connectivity index (χ0) is 15.5. The van der Waals surface area contributed by atoms with Gasteiger partial charge in [0.2, 0.25) is 0 Å². The number of nitrogens with zero attached hydrogens (tertiary/aromatic N) is 1. The molecule has 0 unspecified atom stereocenters. The molecule has 0 spiro atoms. The zero-order valence-electron chi connectivity index (χ0n) is 13.0. The van der Waals surface area contributed by atoms with E-state index in [4.69, 9.17) is 5.73 Å². The fourth-order valence-corrected chi connectivity index (χ4v) is 3.34. The predicted molar refractivity (Wildman–Crippen MR) is 100 cm³/mol.